The van der Waals surface area contributed by atoms with Crippen molar-refractivity contribution >= 4 is 53.0 Å². The number of nitrogens with one attached hydrogen (secondary N) is 5. The molecule has 0 spiro atoms. The van der Waals surface area contributed by atoms with Crippen LogP contribution in [0.15, 0.2) is 0 Å². The van der Waals surface area contributed by atoms with Crippen LogP contribution in [0, 0.1) is 5.92 Å². The second-order valence-electron chi connectivity index (χ2n) is 15.0. The summed E-state index contributed by atoms with van der Waals surface area (Å²) < 4.78 is 0. The number of hydrogen-bond acceptors (Lipinski definition) is 14. The SMILES string of the molecule is O=C(O)CN1CCN(CCOO)CCN(CCOO)CCN(CC(=O)O)C(CC2CCC(NC(=S)NNC(=O)CCCCC3SCC4NC(=O)NC43)CC2)C1. The average molecular weight is 820 g/mol. The predicted molar refractivity (Wildman–Crippen MR) is 208 cm³/mol. The van der Waals surface area contributed by atoms with E-state index in [4.69, 9.17) is 22.7 Å². The highest BCUT2D eigenvalue weighted by molar-refractivity contribution is 8.00. The first-order valence-electron chi connectivity index (χ1n) is 19.4. The van der Waals surface area contributed by atoms with Gasteiger partial charge in [0.25, 0.3) is 0 Å². The molecule has 3 amide bonds. The number of unbranched alkanes of at least 4 members (excludes halogenated alkanes) is 1. The molecule has 9 N–H and O–H groups in total. The summed E-state index contributed by atoms with van der Waals surface area (Å²) in [6.45, 7) is 4.21. The van der Waals surface area contributed by atoms with Gasteiger partial charge in [-0.2, -0.15) is 11.8 Å². The third-order valence-electron chi connectivity index (χ3n) is 11.0. The lowest BCUT2D eigenvalue weighted by Gasteiger charge is -2.40. The van der Waals surface area contributed by atoms with Gasteiger partial charge in [0.15, 0.2) is 5.11 Å². The predicted octanol–water partition coefficient (Wildman–Crippen LogP) is -0.105. The van der Waals surface area contributed by atoms with Gasteiger partial charge in [0, 0.05) is 88.4 Å². The minimum atomic E-state index is -0.959. The fourth-order valence-electron chi connectivity index (χ4n) is 8.09. The first-order valence-corrected chi connectivity index (χ1v) is 20.9. The second kappa shape index (κ2) is 24.2. The Balaban J connectivity index is 1.25. The van der Waals surface area contributed by atoms with Gasteiger partial charge in [-0.1, -0.05) is 6.42 Å². The molecule has 1 saturated carbocycles. The van der Waals surface area contributed by atoms with E-state index >= 15 is 0 Å². The van der Waals surface area contributed by atoms with Gasteiger partial charge in [0.05, 0.1) is 38.4 Å². The molecule has 55 heavy (non-hydrogen) atoms. The molecule has 4 rings (SSSR count). The van der Waals surface area contributed by atoms with Crippen molar-refractivity contribution < 1.29 is 49.7 Å². The number of amides is 3. The molecule has 19 nitrogen and oxygen atoms in total. The molecule has 4 fully saturated rings. The van der Waals surface area contributed by atoms with Crippen molar-refractivity contribution in [2.45, 2.75) is 87.2 Å². The van der Waals surface area contributed by atoms with Crippen LogP contribution in [0.2, 0.25) is 0 Å². The van der Waals surface area contributed by atoms with Crippen LogP contribution in [0.5, 0.6) is 0 Å². The molecular weight excluding hydrogens is 759 g/mol. The number of hydrogen-bond donors (Lipinski definition) is 9. The lowest BCUT2D eigenvalue weighted by Crippen LogP contribution is -2.53. The van der Waals surface area contributed by atoms with Crippen molar-refractivity contribution in [3.05, 3.63) is 0 Å². The van der Waals surface area contributed by atoms with Gasteiger partial charge in [-0.05, 0) is 63.1 Å². The van der Waals surface area contributed by atoms with Gasteiger partial charge in [0.2, 0.25) is 5.91 Å². The standard InChI is InChI=1S/C34H61N9O10S2/c44-29(4-2-1-3-28-32-27(23-55-28)36-33(49)37-32)38-39-34(54)35-25-7-5-24(6-8-25)19-26-20-42(21-30(45)46)12-11-40(15-17-52-50)9-10-41(16-18-53-51)13-14-43(26)22-31(47)48/h24-28,32,50-51H,1-23H2,(H,38,44)(H,45,46)(H,47,48)(H2,35,39,54)(H2,36,37,49). The van der Waals surface area contributed by atoms with Gasteiger partial charge < -0.3 is 26.2 Å². The van der Waals surface area contributed by atoms with E-state index in [2.05, 4.69) is 46.4 Å². The quantitative estimate of drug-likeness (QED) is 0.0288. The van der Waals surface area contributed by atoms with E-state index in [-0.39, 0.29) is 68.3 Å². The molecule has 4 atom stereocenters. The van der Waals surface area contributed by atoms with Gasteiger partial charge in [-0.25, -0.2) is 14.6 Å². The summed E-state index contributed by atoms with van der Waals surface area (Å²) in [4.78, 5) is 64.8. The maximum atomic E-state index is 12.5. The molecule has 0 bridgehead atoms. The molecule has 0 aromatic rings. The normalized spacial score (nSPS) is 27.6. The molecule has 3 heterocycles. The number of hydrazine groups is 1. The monoisotopic (exact) mass is 819 g/mol. The molecule has 3 saturated heterocycles. The van der Waals surface area contributed by atoms with Gasteiger partial charge in [-0.3, -0.25) is 55.3 Å². The summed E-state index contributed by atoms with van der Waals surface area (Å²) in [5.74, 6) is -0.859. The minimum Gasteiger partial charge on any atom is -0.480 e. The van der Waals surface area contributed by atoms with Crippen LogP contribution in [0.1, 0.15) is 57.8 Å². The van der Waals surface area contributed by atoms with E-state index in [1.807, 2.05) is 21.6 Å². The molecule has 1 aliphatic carbocycles. The molecule has 4 unspecified atom stereocenters. The number of thiocarbonyl (C=S) groups is 1. The number of aliphatic carboxylic acids is 2. The Kier molecular flexibility index (Phi) is 19.9. The number of thioether (sulfide) groups is 1. The molecule has 314 valence electrons. The van der Waals surface area contributed by atoms with Gasteiger partial charge in [0.1, 0.15) is 0 Å². The zero-order chi connectivity index (χ0) is 39.6. The zero-order valence-corrected chi connectivity index (χ0v) is 33.2. The van der Waals surface area contributed by atoms with Crippen molar-refractivity contribution in [3.8, 4) is 0 Å². The van der Waals surface area contributed by atoms with Crippen LogP contribution in [0.25, 0.3) is 0 Å². The number of carbonyl (C=O) groups excluding carboxylic acids is 2. The molecule has 0 radical (unpaired) electrons. The Labute approximate surface area is 332 Å². The van der Waals surface area contributed by atoms with E-state index in [9.17, 15) is 29.4 Å². The van der Waals surface area contributed by atoms with Gasteiger partial charge in [-0.15, -0.1) is 0 Å². The van der Waals surface area contributed by atoms with Crippen LogP contribution in [-0.4, -0.2) is 190 Å². The third kappa shape index (κ3) is 16.4. The summed E-state index contributed by atoms with van der Waals surface area (Å²) in [6.07, 6.45) is 7.05. The Hall–Kier alpha value is -2.60. The van der Waals surface area contributed by atoms with Crippen molar-refractivity contribution in [1.82, 2.24) is 46.4 Å². The van der Waals surface area contributed by atoms with Crippen LogP contribution in [0.3, 0.4) is 0 Å². The first kappa shape index (κ1) is 45.1. The van der Waals surface area contributed by atoms with E-state index in [0.717, 1.165) is 50.7 Å². The summed E-state index contributed by atoms with van der Waals surface area (Å²) in [5, 5.41) is 47.6. The van der Waals surface area contributed by atoms with Crippen molar-refractivity contribution in [2.24, 2.45) is 5.92 Å². The molecule has 0 aromatic heterocycles. The summed E-state index contributed by atoms with van der Waals surface area (Å²) >= 11 is 7.34. The number of nitrogens with zero attached hydrogens (tertiary/aromatic N) is 4. The van der Waals surface area contributed by atoms with Crippen LogP contribution >= 0.6 is 24.0 Å². The number of carboxylic acid groups (broad SMARTS) is 2. The maximum Gasteiger partial charge on any atom is 0.317 e. The zero-order valence-electron chi connectivity index (χ0n) is 31.6. The van der Waals surface area contributed by atoms with E-state index in [0.29, 0.717) is 82.1 Å². The van der Waals surface area contributed by atoms with Crippen LogP contribution in [0.4, 0.5) is 4.79 Å². The van der Waals surface area contributed by atoms with E-state index < -0.39 is 11.9 Å². The van der Waals surface area contributed by atoms with Gasteiger partial charge >= 0.3 is 18.0 Å². The molecule has 0 aromatic carbocycles. The topological polar surface area (TPSA) is 241 Å². The molecule has 21 heteroatoms. The lowest BCUT2D eigenvalue weighted by atomic mass is 9.82. The van der Waals surface area contributed by atoms with Crippen LogP contribution < -0.4 is 26.8 Å². The highest BCUT2D eigenvalue weighted by atomic mass is 32.2. The second-order valence-corrected chi connectivity index (χ2v) is 16.6. The van der Waals surface area contributed by atoms with E-state index in [1.165, 1.54) is 0 Å². The highest BCUT2D eigenvalue weighted by Crippen LogP contribution is 2.33. The number of fused-ring (bicyclic) bond motifs is 1. The Morgan fingerprint density at radius 1 is 0.836 bits per heavy atom. The Morgan fingerprint density at radius 2 is 1.47 bits per heavy atom. The maximum absolute atomic E-state index is 12.5. The van der Waals surface area contributed by atoms with Crippen molar-refractivity contribution in [1.29, 1.82) is 0 Å². The lowest BCUT2D eigenvalue weighted by molar-refractivity contribution is -0.245. The number of carboxylic acids is 2. The number of rotatable bonds is 18. The number of urea groups is 1. The summed E-state index contributed by atoms with van der Waals surface area (Å²) in [6, 6.07) is 0.148. The Morgan fingerprint density at radius 3 is 2.11 bits per heavy atom. The van der Waals surface area contributed by atoms with Crippen molar-refractivity contribution in [2.75, 3.05) is 91.0 Å². The molecule has 4 aliphatic rings. The summed E-state index contributed by atoms with van der Waals surface area (Å²) in [7, 11) is 0. The highest BCUT2D eigenvalue weighted by Gasteiger charge is 2.42. The molecular formula is C34H61N9O10S2. The first-order chi connectivity index (χ1) is 26.5. The smallest absolute Gasteiger partial charge is 0.317 e. The Bertz CT molecular complexity index is 1240. The summed E-state index contributed by atoms with van der Waals surface area (Å²) in [5.41, 5.74) is 5.52. The third-order valence-corrected chi connectivity index (χ3v) is 12.8. The largest absolute Gasteiger partial charge is 0.480 e. The van der Waals surface area contributed by atoms with Crippen molar-refractivity contribution in [3.63, 3.8) is 0 Å². The van der Waals surface area contributed by atoms with E-state index in [1.54, 1.807) is 0 Å². The fraction of sp³-hybridized carbons (Fsp3) is 0.853. The minimum absolute atomic E-state index is 0.0960. The number of carbonyl (C=O) groups is 4. The average Bonchev–Trinajstić information content (AvgIpc) is 3.70. The van der Waals surface area contributed by atoms with Crippen LogP contribution in [-0.2, 0) is 24.2 Å². The molecule has 3 aliphatic heterocycles. The fourth-order valence-corrected chi connectivity index (χ4v) is 9.85.